The maximum Gasteiger partial charge on any atom is 0.412 e. The highest BCUT2D eigenvalue weighted by molar-refractivity contribution is 8.00. The third-order valence-corrected chi connectivity index (χ3v) is 3.53. The van der Waals surface area contributed by atoms with E-state index in [1.807, 2.05) is 0 Å². The van der Waals surface area contributed by atoms with Gasteiger partial charge in [-0.3, -0.25) is 5.32 Å². The molecule has 0 spiro atoms. The van der Waals surface area contributed by atoms with Crippen molar-refractivity contribution in [3.05, 3.63) is 41.7 Å². The van der Waals surface area contributed by atoms with Crippen molar-refractivity contribution < 1.29 is 18.3 Å². The monoisotopic (exact) mass is 368 g/mol. The topological polar surface area (TPSA) is 76.1 Å². The Bertz CT molecular complexity index is 781. The first-order valence-corrected chi connectivity index (χ1v) is 8.18. The van der Waals surface area contributed by atoms with Gasteiger partial charge in [-0.25, -0.2) is 19.2 Å². The van der Waals surface area contributed by atoms with Gasteiger partial charge in [0.2, 0.25) is 5.95 Å². The average molecular weight is 368 g/mol. The van der Waals surface area contributed by atoms with Crippen LogP contribution in [0, 0.1) is 18.7 Å². The Hall–Kier alpha value is -2.42. The summed E-state index contributed by atoms with van der Waals surface area (Å²) in [6.07, 6.45) is -0.695. The van der Waals surface area contributed by atoms with Crippen LogP contribution in [0.1, 0.15) is 26.5 Å². The molecule has 0 aliphatic rings. The Labute approximate surface area is 148 Å². The van der Waals surface area contributed by atoms with Crippen LogP contribution in [0.5, 0.6) is 0 Å². The first kappa shape index (κ1) is 18.9. The molecular formula is C16H18F2N4O2S. The number of anilines is 2. The molecule has 0 aliphatic carbocycles. The first-order valence-electron chi connectivity index (χ1n) is 7.36. The van der Waals surface area contributed by atoms with Crippen LogP contribution in [0.3, 0.4) is 0 Å². The van der Waals surface area contributed by atoms with Gasteiger partial charge in [0.1, 0.15) is 11.4 Å². The van der Waals surface area contributed by atoms with E-state index < -0.39 is 23.5 Å². The van der Waals surface area contributed by atoms with Crippen LogP contribution >= 0.6 is 11.9 Å². The Morgan fingerprint density at radius 1 is 1.24 bits per heavy atom. The molecule has 0 saturated carbocycles. The molecule has 0 radical (unpaired) electrons. The van der Waals surface area contributed by atoms with Crippen LogP contribution in [0.25, 0.3) is 0 Å². The van der Waals surface area contributed by atoms with E-state index in [0.717, 1.165) is 18.0 Å². The van der Waals surface area contributed by atoms with E-state index in [0.29, 0.717) is 5.69 Å². The van der Waals surface area contributed by atoms with Gasteiger partial charge >= 0.3 is 6.09 Å². The van der Waals surface area contributed by atoms with Gasteiger partial charge in [-0.15, -0.1) is 0 Å². The Balaban J connectivity index is 2.07. The molecule has 0 unspecified atom stereocenters. The lowest BCUT2D eigenvalue weighted by atomic mass is 10.2. The summed E-state index contributed by atoms with van der Waals surface area (Å²) in [6.45, 7) is 6.80. The molecule has 2 aromatic heterocycles. The van der Waals surface area contributed by atoms with Crippen molar-refractivity contribution in [1.82, 2.24) is 9.97 Å². The zero-order valence-electron chi connectivity index (χ0n) is 14.2. The van der Waals surface area contributed by atoms with E-state index >= 15 is 0 Å². The highest BCUT2D eigenvalue weighted by Gasteiger charge is 2.18. The lowest BCUT2D eigenvalue weighted by Gasteiger charge is -2.20. The van der Waals surface area contributed by atoms with Crippen LogP contribution in [0.15, 0.2) is 29.3 Å². The van der Waals surface area contributed by atoms with E-state index in [-0.39, 0.29) is 16.5 Å². The third kappa shape index (κ3) is 5.86. The fraction of sp³-hybridized carbons (Fsp3) is 0.312. The van der Waals surface area contributed by atoms with Crippen LogP contribution in [-0.2, 0) is 4.74 Å². The molecular weight excluding hydrogens is 350 g/mol. The van der Waals surface area contributed by atoms with E-state index in [4.69, 9.17) is 4.74 Å². The molecule has 2 rings (SSSR count). The summed E-state index contributed by atoms with van der Waals surface area (Å²) in [6, 6.07) is 5.37. The molecule has 0 atom stereocenters. The maximum atomic E-state index is 14.2. The number of rotatable bonds is 4. The molecule has 134 valence electrons. The SMILES string of the molecule is Cc1nc(SNc2cccc(F)n2)c(F)cc1NC(=O)OC(C)(C)C. The number of aryl methyl sites for hydroxylation is 1. The second-order valence-corrected chi connectivity index (χ2v) is 6.88. The molecule has 2 heterocycles. The third-order valence-electron chi connectivity index (χ3n) is 2.74. The standard InChI is InChI=1S/C16H18F2N4O2S/c1-9-11(20-15(23)24-16(2,3)4)8-10(17)14(19-9)25-22-13-7-5-6-12(18)21-13/h5-8H,1-4H3,(H,20,23)(H,21,22). The number of ether oxygens (including phenoxy) is 1. The molecule has 25 heavy (non-hydrogen) atoms. The molecule has 0 saturated heterocycles. The minimum Gasteiger partial charge on any atom is -0.444 e. The van der Waals surface area contributed by atoms with Gasteiger partial charge < -0.3 is 9.46 Å². The number of carbonyl (C=O) groups excluding carboxylic acids is 1. The molecule has 0 fully saturated rings. The number of pyridine rings is 2. The second kappa shape index (κ2) is 7.64. The smallest absolute Gasteiger partial charge is 0.412 e. The lowest BCUT2D eigenvalue weighted by Crippen LogP contribution is -2.27. The zero-order chi connectivity index (χ0) is 18.6. The maximum absolute atomic E-state index is 14.2. The molecule has 6 nitrogen and oxygen atoms in total. The normalized spacial score (nSPS) is 11.1. The van der Waals surface area contributed by atoms with E-state index in [1.54, 1.807) is 33.8 Å². The fourth-order valence-electron chi connectivity index (χ4n) is 1.74. The number of aromatic nitrogens is 2. The summed E-state index contributed by atoms with van der Waals surface area (Å²) in [5.74, 6) is -1.06. The molecule has 0 aliphatic heterocycles. The van der Waals surface area contributed by atoms with E-state index in [1.165, 1.54) is 12.1 Å². The first-order chi connectivity index (χ1) is 11.6. The number of halogens is 2. The predicted octanol–water partition coefficient (Wildman–Crippen LogP) is 4.53. The van der Waals surface area contributed by atoms with Gasteiger partial charge in [0.15, 0.2) is 10.8 Å². The lowest BCUT2D eigenvalue weighted by molar-refractivity contribution is 0.0635. The van der Waals surface area contributed by atoms with Crippen LogP contribution in [0.4, 0.5) is 25.1 Å². The summed E-state index contributed by atoms with van der Waals surface area (Å²) in [4.78, 5) is 19.5. The summed E-state index contributed by atoms with van der Waals surface area (Å²) in [7, 11) is 0. The number of carbonyl (C=O) groups is 1. The van der Waals surface area contributed by atoms with Gasteiger partial charge in [-0.05, 0) is 39.8 Å². The van der Waals surface area contributed by atoms with E-state index in [2.05, 4.69) is 20.0 Å². The quantitative estimate of drug-likeness (QED) is 0.610. The number of hydrogen-bond acceptors (Lipinski definition) is 6. The highest BCUT2D eigenvalue weighted by atomic mass is 32.2. The van der Waals surface area contributed by atoms with Crippen LogP contribution in [-0.4, -0.2) is 21.7 Å². The van der Waals surface area contributed by atoms with Gasteiger partial charge in [-0.1, -0.05) is 6.07 Å². The van der Waals surface area contributed by atoms with Gasteiger partial charge in [0.05, 0.1) is 11.4 Å². The molecule has 9 heteroatoms. The summed E-state index contributed by atoms with van der Waals surface area (Å²) in [5.41, 5.74) is -0.0505. The van der Waals surface area contributed by atoms with Crippen molar-refractivity contribution in [2.45, 2.75) is 38.3 Å². The average Bonchev–Trinajstić information content (AvgIpc) is 2.47. The van der Waals surface area contributed by atoms with Crippen molar-refractivity contribution >= 4 is 29.5 Å². The minimum atomic E-state index is -0.695. The van der Waals surface area contributed by atoms with Gasteiger partial charge in [-0.2, -0.15) is 4.39 Å². The summed E-state index contributed by atoms with van der Waals surface area (Å²) >= 11 is 0.851. The van der Waals surface area contributed by atoms with Crippen molar-refractivity contribution in [1.29, 1.82) is 0 Å². The van der Waals surface area contributed by atoms with Crippen molar-refractivity contribution in [3.8, 4) is 0 Å². The highest BCUT2D eigenvalue weighted by Crippen LogP contribution is 2.25. The number of amides is 1. The number of nitrogens with one attached hydrogen (secondary N) is 2. The van der Waals surface area contributed by atoms with Crippen molar-refractivity contribution in [3.63, 3.8) is 0 Å². The minimum absolute atomic E-state index is 0.0401. The van der Waals surface area contributed by atoms with Crippen molar-refractivity contribution in [2.75, 3.05) is 10.0 Å². The molecule has 2 N–H and O–H groups in total. The summed E-state index contributed by atoms with van der Waals surface area (Å²) in [5, 5.41) is 2.50. The molecule has 0 aromatic carbocycles. The predicted molar refractivity (Wildman–Crippen MR) is 92.5 cm³/mol. The number of nitrogens with zero attached hydrogens (tertiary/aromatic N) is 2. The van der Waals surface area contributed by atoms with E-state index in [9.17, 15) is 13.6 Å². The number of hydrogen-bond donors (Lipinski definition) is 2. The zero-order valence-corrected chi connectivity index (χ0v) is 15.0. The van der Waals surface area contributed by atoms with Gasteiger partial charge in [0.25, 0.3) is 0 Å². The Morgan fingerprint density at radius 2 is 1.96 bits per heavy atom. The molecule has 0 bridgehead atoms. The molecule has 1 amide bonds. The summed E-state index contributed by atoms with van der Waals surface area (Å²) < 4.78 is 35.1. The van der Waals surface area contributed by atoms with Gasteiger partial charge in [0, 0.05) is 18.0 Å². The molecule has 2 aromatic rings. The second-order valence-electron chi connectivity index (χ2n) is 6.08. The van der Waals surface area contributed by atoms with Crippen LogP contribution in [0.2, 0.25) is 0 Å². The Kier molecular flexibility index (Phi) is 5.78. The Morgan fingerprint density at radius 3 is 2.60 bits per heavy atom. The van der Waals surface area contributed by atoms with Crippen molar-refractivity contribution in [2.24, 2.45) is 0 Å². The fourth-order valence-corrected chi connectivity index (χ4v) is 2.39. The van der Waals surface area contributed by atoms with Crippen LogP contribution < -0.4 is 10.0 Å². The largest absolute Gasteiger partial charge is 0.444 e.